The molecule has 0 saturated carbocycles. The minimum Gasteiger partial charge on any atom is -0.378 e. The van der Waals surface area contributed by atoms with Crippen LogP contribution in [0.4, 0.5) is 5.69 Å². The monoisotopic (exact) mass is 325 g/mol. The Kier molecular flexibility index (Phi) is 4.04. The highest BCUT2D eigenvalue weighted by Crippen LogP contribution is 2.18. The number of nitrogens with zero attached hydrogens (tertiary/aromatic N) is 3. The molecule has 0 aromatic carbocycles. The van der Waals surface area contributed by atoms with E-state index in [1.165, 1.54) is 4.68 Å². The van der Waals surface area contributed by atoms with Crippen molar-refractivity contribution in [3.05, 3.63) is 38.5 Å². The molecule has 0 aliphatic rings. The number of halogens is 1. The largest absolute Gasteiger partial charge is 0.378 e. The molecule has 2 N–H and O–H groups in total. The molecule has 0 saturated heterocycles. The summed E-state index contributed by atoms with van der Waals surface area (Å²) in [7, 11) is 0. The van der Waals surface area contributed by atoms with E-state index in [-0.39, 0.29) is 11.6 Å². The Bertz CT molecular complexity index is 631. The third-order valence-corrected chi connectivity index (χ3v) is 3.60. The number of H-pyrrole nitrogens is 1. The predicted octanol–water partition coefficient (Wildman–Crippen LogP) is 2.23. The van der Waals surface area contributed by atoms with Crippen LogP contribution in [0.25, 0.3) is 0 Å². The zero-order valence-electron chi connectivity index (χ0n) is 11.1. The van der Waals surface area contributed by atoms with Crippen LogP contribution in [-0.2, 0) is 6.54 Å². The molecule has 2 heterocycles. The van der Waals surface area contributed by atoms with Gasteiger partial charge in [0.15, 0.2) is 0 Å². The number of hydrogen-bond acceptors (Lipinski definition) is 4. The molecule has 0 fully saturated rings. The molecule has 6 nitrogen and oxygen atoms in total. The molecule has 0 atom stereocenters. The molecule has 0 radical (unpaired) electrons. The Morgan fingerprint density at radius 3 is 2.79 bits per heavy atom. The number of aromatic nitrogens is 4. The van der Waals surface area contributed by atoms with Gasteiger partial charge in [0.1, 0.15) is 4.47 Å². The third kappa shape index (κ3) is 2.86. The second-order valence-electron chi connectivity index (χ2n) is 4.59. The van der Waals surface area contributed by atoms with Gasteiger partial charge in [-0.15, -0.1) is 0 Å². The van der Waals surface area contributed by atoms with Gasteiger partial charge >= 0.3 is 0 Å². The van der Waals surface area contributed by atoms with E-state index < -0.39 is 0 Å². The number of anilines is 1. The molecule has 2 aromatic heterocycles. The van der Waals surface area contributed by atoms with Gasteiger partial charge in [0, 0.05) is 17.8 Å². The van der Waals surface area contributed by atoms with Gasteiger partial charge in [0.25, 0.3) is 5.56 Å². The lowest BCUT2D eigenvalue weighted by Crippen LogP contribution is -2.26. The smallest absolute Gasteiger partial charge is 0.283 e. The van der Waals surface area contributed by atoms with Gasteiger partial charge in [-0.1, -0.05) is 0 Å². The zero-order valence-corrected chi connectivity index (χ0v) is 12.7. The maximum absolute atomic E-state index is 12.1. The first-order valence-electron chi connectivity index (χ1n) is 6.00. The van der Waals surface area contributed by atoms with Crippen molar-refractivity contribution in [1.82, 2.24) is 20.0 Å². The Labute approximate surface area is 119 Å². The Morgan fingerprint density at radius 2 is 2.21 bits per heavy atom. The summed E-state index contributed by atoms with van der Waals surface area (Å²) >= 11 is 3.32. The lowest BCUT2D eigenvalue weighted by molar-refractivity contribution is 0.501. The van der Waals surface area contributed by atoms with E-state index >= 15 is 0 Å². The van der Waals surface area contributed by atoms with E-state index in [9.17, 15) is 4.79 Å². The molecular weight excluding hydrogens is 310 g/mol. The maximum atomic E-state index is 12.1. The lowest BCUT2D eigenvalue weighted by Gasteiger charge is -2.12. The fourth-order valence-corrected chi connectivity index (χ4v) is 2.10. The summed E-state index contributed by atoms with van der Waals surface area (Å²) in [6.45, 7) is 6.38. The van der Waals surface area contributed by atoms with Crippen molar-refractivity contribution in [2.45, 2.75) is 33.4 Å². The summed E-state index contributed by atoms with van der Waals surface area (Å²) in [5.41, 5.74) is 2.61. The van der Waals surface area contributed by atoms with E-state index in [1.807, 2.05) is 20.8 Å². The van der Waals surface area contributed by atoms with E-state index in [4.69, 9.17) is 0 Å². The highest BCUT2D eigenvalue weighted by atomic mass is 79.9. The van der Waals surface area contributed by atoms with Crippen molar-refractivity contribution in [2.75, 3.05) is 5.32 Å². The van der Waals surface area contributed by atoms with Crippen molar-refractivity contribution >= 4 is 21.6 Å². The quantitative estimate of drug-likeness (QED) is 0.903. The normalized spacial score (nSPS) is 11.0. The average Bonchev–Trinajstić information content (AvgIpc) is 2.76. The highest BCUT2D eigenvalue weighted by Gasteiger charge is 2.11. The molecule has 19 heavy (non-hydrogen) atoms. The molecule has 2 rings (SSSR count). The van der Waals surface area contributed by atoms with Crippen LogP contribution >= 0.6 is 15.9 Å². The molecule has 0 amide bonds. The Balaban J connectivity index is 2.20. The molecular formula is C12H16BrN5O. The van der Waals surface area contributed by atoms with Gasteiger partial charge in [0.05, 0.1) is 24.1 Å². The lowest BCUT2D eigenvalue weighted by atomic mass is 10.2. The second kappa shape index (κ2) is 5.56. The number of aromatic amines is 1. The highest BCUT2D eigenvalue weighted by molar-refractivity contribution is 9.10. The predicted molar refractivity (Wildman–Crippen MR) is 77.2 cm³/mol. The maximum Gasteiger partial charge on any atom is 0.283 e. The summed E-state index contributed by atoms with van der Waals surface area (Å²) in [6, 6.07) is 0.0361. The summed E-state index contributed by atoms with van der Waals surface area (Å²) in [6.07, 6.45) is 3.42. The van der Waals surface area contributed by atoms with Crippen molar-refractivity contribution in [3.63, 3.8) is 0 Å². The van der Waals surface area contributed by atoms with Crippen LogP contribution in [0.2, 0.25) is 0 Å². The minimum absolute atomic E-state index is 0.0361. The summed E-state index contributed by atoms with van der Waals surface area (Å²) < 4.78 is 1.94. The van der Waals surface area contributed by atoms with Crippen LogP contribution in [0.3, 0.4) is 0 Å². The fraction of sp³-hybridized carbons (Fsp3) is 0.417. The average molecular weight is 326 g/mol. The molecule has 0 aliphatic heterocycles. The van der Waals surface area contributed by atoms with Crippen LogP contribution in [0.5, 0.6) is 0 Å². The van der Waals surface area contributed by atoms with Crippen LogP contribution in [-0.4, -0.2) is 20.0 Å². The molecule has 0 unspecified atom stereocenters. The number of aryl methyl sites for hydroxylation is 1. The minimum atomic E-state index is -0.135. The van der Waals surface area contributed by atoms with E-state index in [0.717, 1.165) is 11.3 Å². The van der Waals surface area contributed by atoms with Gasteiger partial charge in [-0.05, 0) is 36.7 Å². The number of rotatable bonds is 4. The zero-order chi connectivity index (χ0) is 14.0. The van der Waals surface area contributed by atoms with Crippen LogP contribution in [0.1, 0.15) is 31.1 Å². The van der Waals surface area contributed by atoms with Gasteiger partial charge < -0.3 is 5.32 Å². The van der Waals surface area contributed by atoms with Crippen molar-refractivity contribution in [3.8, 4) is 0 Å². The summed E-state index contributed by atoms with van der Waals surface area (Å²) in [4.78, 5) is 12.1. The topological polar surface area (TPSA) is 75.6 Å². The second-order valence-corrected chi connectivity index (χ2v) is 5.38. The number of hydrogen-bond donors (Lipinski definition) is 2. The van der Waals surface area contributed by atoms with Gasteiger partial charge in [-0.25, -0.2) is 4.68 Å². The van der Waals surface area contributed by atoms with E-state index in [2.05, 4.69) is 36.5 Å². The Hall–Kier alpha value is -1.63. The van der Waals surface area contributed by atoms with Crippen LogP contribution in [0.15, 0.2) is 21.7 Å². The third-order valence-electron chi connectivity index (χ3n) is 2.84. The molecule has 2 aromatic rings. The standard InChI is InChI=1S/C12H16BrN5O/c1-7(2)18-12(19)11(13)10(6-16-18)14-4-9-5-15-17-8(9)3/h5-7,14H,4H2,1-3H3,(H,15,17). The summed E-state index contributed by atoms with van der Waals surface area (Å²) in [5.74, 6) is 0. The molecule has 0 bridgehead atoms. The summed E-state index contributed by atoms with van der Waals surface area (Å²) in [5, 5.41) is 14.2. The van der Waals surface area contributed by atoms with Gasteiger partial charge in [-0.3, -0.25) is 9.89 Å². The molecule has 102 valence electrons. The number of nitrogens with one attached hydrogen (secondary N) is 2. The van der Waals surface area contributed by atoms with Crippen molar-refractivity contribution in [2.24, 2.45) is 0 Å². The first-order chi connectivity index (χ1) is 9.00. The first-order valence-corrected chi connectivity index (χ1v) is 6.80. The molecule has 0 spiro atoms. The van der Waals surface area contributed by atoms with Crippen LogP contribution < -0.4 is 10.9 Å². The SMILES string of the molecule is Cc1[nH]ncc1CNc1cnn(C(C)C)c(=O)c1Br. The fourth-order valence-electron chi connectivity index (χ4n) is 1.68. The van der Waals surface area contributed by atoms with Crippen molar-refractivity contribution in [1.29, 1.82) is 0 Å². The van der Waals surface area contributed by atoms with Gasteiger partial charge in [0.2, 0.25) is 0 Å². The van der Waals surface area contributed by atoms with E-state index in [0.29, 0.717) is 16.7 Å². The van der Waals surface area contributed by atoms with E-state index in [1.54, 1.807) is 12.4 Å². The molecule has 0 aliphatic carbocycles. The Morgan fingerprint density at radius 1 is 1.47 bits per heavy atom. The van der Waals surface area contributed by atoms with Crippen LogP contribution in [0, 0.1) is 6.92 Å². The van der Waals surface area contributed by atoms with Gasteiger partial charge in [-0.2, -0.15) is 10.2 Å². The molecule has 7 heteroatoms. The van der Waals surface area contributed by atoms with Crippen molar-refractivity contribution < 1.29 is 0 Å². The first kappa shape index (κ1) is 13.8.